The van der Waals surface area contributed by atoms with Crippen molar-refractivity contribution in [2.75, 3.05) is 13.1 Å². The first-order chi connectivity index (χ1) is 9.77. The van der Waals surface area contributed by atoms with E-state index < -0.39 is 0 Å². The molecule has 0 bridgehead atoms. The molecule has 0 saturated carbocycles. The van der Waals surface area contributed by atoms with Crippen LogP contribution >= 0.6 is 0 Å². The lowest BCUT2D eigenvalue weighted by molar-refractivity contribution is 0.483. The molecule has 1 N–H and O–H groups in total. The van der Waals surface area contributed by atoms with Gasteiger partial charge < -0.3 is 9.88 Å². The van der Waals surface area contributed by atoms with Crippen LogP contribution in [0.25, 0.3) is 11.0 Å². The van der Waals surface area contributed by atoms with Crippen LogP contribution in [0.1, 0.15) is 51.9 Å². The predicted octanol–water partition coefficient (Wildman–Crippen LogP) is 3.94. The maximum atomic E-state index is 4.80. The van der Waals surface area contributed by atoms with Crippen LogP contribution in [-0.2, 0) is 6.42 Å². The van der Waals surface area contributed by atoms with E-state index in [9.17, 15) is 0 Å². The Bertz CT molecular complexity index is 530. The molecule has 2 rings (SSSR count). The van der Waals surface area contributed by atoms with Gasteiger partial charge in [0.05, 0.1) is 11.0 Å². The summed E-state index contributed by atoms with van der Waals surface area (Å²) in [6.45, 7) is 8.85. The van der Waals surface area contributed by atoms with E-state index in [4.69, 9.17) is 4.98 Å². The molecule has 0 aliphatic carbocycles. The Labute approximate surface area is 122 Å². The maximum Gasteiger partial charge on any atom is 0.110 e. The second-order valence-corrected chi connectivity index (χ2v) is 5.54. The Kier molecular flexibility index (Phi) is 5.60. The number of nitrogens with one attached hydrogen (secondary N) is 1. The molecule has 0 aliphatic heterocycles. The van der Waals surface area contributed by atoms with E-state index in [2.05, 4.69) is 54.9 Å². The smallest absolute Gasteiger partial charge is 0.110 e. The van der Waals surface area contributed by atoms with Crippen molar-refractivity contribution in [2.45, 2.75) is 52.5 Å². The summed E-state index contributed by atoms with van der Waals surface area (Å²) in [6, 6.07) is 8.92. The standard InChI is InChI=1S/C17H27N3/c1-4-6-12-18-13-14(3)20-16-11-8-7-10-15(16)19-17(20)9-5-2/h7-8,10-11,14,18H,4-6,9,12-13H2,1-3H3. The topological polar surface area (TPSA) is 29.9 Å². The lowest BCUT2D eigenvalue weighted by atomic mass is 10.2. The van der Waals surface area contributed by atoms with Crippen LogP contribution in [0.15, 0.2) is 24.3 Å². The number of para-hydroxylation sites is 2. The summed E-state index contributed by atoms with van der Waals surface area (Å²) in [5.74, 6) is 1.22. The van der Waals surface area contributed by atoms with Crippen molar-refractivity contribution in [1.29, 1.82) is 0 Å². The van der Waals surface area contributed by atoms with E-state index in [1.807, 2.05) is 0 Å². The van der Waals surface area contributed by atoms with Crippen molar-refractivity contribution in [3.63, 3.8) is 0 Å². The van der Waals surface area contributed by atoms with E-state index in [-0.39, 0.29) is 0 Å². The molecule has 2 aromatic rings. The van der Waals surface area contributed by atoms with E-state index in [1.54, 1.807) is 0 Å². The molecule has 3 heteroatoms. The highest BCUT2D eigenvalue weighted by molar-refractivity contribution is 5.76. The molecule has 1 aromatic heterocycles. The molecule has 3 nitrogen and oxygen atoms in total. The first kappa shape index (κ1) is 15.0. The Morgan fingerprint density at radius 2 is 2.00 bits per heavy atom. The molecule has 1 atom stereocenters. The van der Waals surface area contributed by atoms with Crippen molar-refractivity contribution >= 4 is 11.0 Å². The van der Waals surface area contributed by atoms with Gasteiger partial charge in [-0.1, -0.05) is 32.4 Å². The van der Waals surface area contributed by atoms with Gasteiger partial charge in [-0.05, 0) is 38.4 Å². The molecule has 1 heterocycles. The number of unbranched alkanes of at least 4 members (excludes halogenated alkanes) is 1. The fourth-order valence-corrected chi connectivity index (χ4v) is 2.69. The zero-order valence-corrected chi connectivity index (χ0v) is 13.0. The largest absolute Gasteiger partial charge is 0.324 e. The summed E-state index contributed by atoms with van der Waals surface area (Å²) < 4.78 is 2.41. The average molecular weight is 273 g/mol. The third-order valence-electron chi connectivity index (χ3n) is 3.73. The summed E-state index contributed by atoms with van der Waals surface area (Å²) in [6.07, 6.45) is 4.68. The quantitative estimate of drug-likeness (QED) is 0.738. The monoisotopic (exact) mass is 273 g/mol. The molecular formula is C17H27N3. The molecule has 110 valence electrons. The molecule has 0 fully saturated rings. The molecule has 0 aliphatic rings. The summed E-state index contributed by atoms with van der Waals surface area (Å²) >= 11 is 0. The van der Waals surface area contributed by atoms with Gasteiger partial charge in [-0.2, -0.15) is 0 Å². The van der Waals surface area contributed by atoms with Gasteiger partial charge in [0.25, 0.3) is 0 Å². The molecule has 0 radical (unpaired) electrons. The minimum atomic E-state index is 0.445. The first-order valence-electron chi connectivity index (χ1n) is 7.94. The zero-order chi connectivity index (χ0) is 14.4. The van der Waals surface area contributed by atoms with Gasteiger partial charge in [-0.3, -0.25) is 0 Å². The lowest BCUT2D eigenvalue weighted by Gasteiger charge is -2.18. The third kappa shape index (κ3) is 3.40. The van der Waals surface area contributed by atoms with E-state index in [0.717, 1.165) is 31.4 Å². The van der Waals surface area contributed by atoms with E-state index >= 15 is 0 Å². The van der Waals surface area contributed by atoms with Gasteiger partial charge >= 0.3 is 0 Å². The first-order valence-corrected chi connectivity index (χ1v) is 7.94. The van der Waals surface area contributed by atoms with E-state index in [0.29, 0.717) is 6.04 Å². The molecule has 0 spiro atoms. The number of imidazole rings is 1. The van der Waals surface area contributed by atoms with Crippen LogP contribution in [0, 0.1) is 0 Å². The van der Waals surface area contributed by atoms with Gasteiger partial charge in [0.2, 0.25) is 0 Å². The molecule has 1 aromatic carbocycles. The predicted molar refractivity (Wildman–Crippen MR) is 86.2 cm³/mol. The minimum absolute atomic E-state index is 0.445. The fourth-order valence-electron chi connectivity index (χ4n) is 2.69. The van der Waals surface area contributed by atoms with Crippen LogP contribution < -0.4 is 5.32 Å². The zero-order valence-electron chi connectivity index (χ0n) is 13.0. The number of hydrogen-bond acceptors (Lipinski definition) is 2. The van der Waals surface area contributed by atoms with Crippen molar-refractivity contribution in [3.05, 3.63) is 30.1 Å². The van der Waals surface area contributed by atoms with Crippen molar-refractivity contribution in [1.82, 2.24) is 14.9 Å². The van der Waals surface area contributed by atoms with Crippen LogP contribution in [0.4, 0.5) is 0 Å². The maximum absolute atomic E-state index is 4.80. The number of benzene rings is 1. The number of aryl methyl sites for hydroxylation is 1. The summed E-state index contributed by atoms with van der Waals surface area (Å²) in [4.78, 5) is 4.80. The Hall–Kier alpha value is -1.35. The lowest BCUT2D eigenvalue weighted by Crippen LogP contribution is -2.25. The van der Waals surface area contributed by atoms with Crippen LogP contribution in [-0.4, -0.2) is 22.6 Å². The highest BCUT2D eigenvalue weighted by Gasteiger charge is 2.14. The van der Waals surface area contributed by atoms with Gasteiger partial charge in [-0.15, -0.1) is 0 Å². The van der Waals surface area contributed by atoms with Crippen molar-refractivity contribution < 1.29 is 0 Å². The Morgan fingerprint density at radius 1 is 1.20 bits per heavy atom. The van der Waals surface area contributed by atoms with Crippen LogP contribution in [0.2, 0.25) is 0 Å². The van der Waals surface area contributed by atoms with Crippen LogP contribution in [0.5, 0.6) is 0 Å². The van der Waals surface area contributed by atoms with Crippen LogP contribution in [0.3, 0.4) is 0 Å². The second-order valence-electron chi connectivity index (χ2n) is 5.54. The molecule has 0 amide bonds. The fraction of sp³-hybridized carbons (Fsp3) is 0.588. The third-order valence-corrected chi connectivity index (χ3v) is 3.73. The van der Waals surface area contributed by atoms with Gasteiger partial charge in [0, 0.05) is 19.0 Å². The highest BCUT2D eigenvalue weighted by atomic mass is 15.1. The van der Waals surface area contributed by atoms with Gasteiger partial charge in [0.1, 0.15) is 5.82 Å². The highest BCUT2D eigenvalue weighted by Crippen LogP contribution is 2.21. The Morgan fingerprint density at radius 3 is 2.75 bits per heavy atom. The summed E-state index contributed by atoms with van der Waals surface area (Å²) in [5.41, 5.74) is 2.39. The normalized spacial score (nSPS) is 12.9. The number of aromatic nitrogens is 2. The van der Waals surface area contributed by atoms with Crippen molar-refractivity contribution in [2.24, 2.45) is 0 Å². The second kappa shape index (κ2) is 7.44. The average Bonchev–Trinajstić information content (AvgIpc) is 2.82. The van der Waals surface area contributed by atoms with Crippen molar-refractivity contribution in [3.8, 4) is 0 Å². The van der Waals surface area contributed by atoms with E-state index in [1.165, 1.54) is 24.2 Å². The molecule has 20 heavy (non-hydrogen) atoms. The number of hydrogen-bond donors (Lipinski definition) is 1. The minimum Gasteiger partial charge on any atom is -0.324 e. The van der Waals surface area contributed by atoms with Gasteiger partial charge in [-0.25, -0.2) is 4.98 Å². The molecule has 1 unspecified atom stereocenters. The number of rotatable bonds is 8. The summed E-state index contributed by atoms with van der Waals surface area (Å²) in [7, 11) is 0. The SMILES string of the molecule is CCCCNCC(C)n1c(CCC)nc2ccccc21. The molecule has 0 saturated heterocycles. The number of fused-ring (bicyclic) bond motifs is 1. The van der Waals surface area contributed by atoms with Gasteiger partial charge in [0.15, 0.2) is 0 Å². The molecular weight excluding hydrogens is 246 g/mol. The Balaban J connectivity index is 2.19. The number of nitrogens with zero attached hydrogens (tertiary/aromatic N) is 2. The summed E-state index contributed by atoms with van der Waals surface area (Å²) in [5, 5.41) is 3.56.